The first kappa shape index (κ1) is 17.7. The lowest BCUT2D eigenvalue weighted by Crippen LogP contribution is -2.53. The van der Waals surface area contributed by atoms with Gasteiger partial charge in [-0.3, -0.25) is 4.79 Å². The van der Waals surface area contributed by atoms with Gasteiger partial charge >= 0.3 is 0 Å². The summed E-state index contributed by atoms with van der Waals surface area (Å²) in [7, 11) is 1.22. The predicted octanol–water partition coefficient (Wildman–Crippen LogP) is 0.188. The Bertz CT molecular complexity index is 635. The standard InChI is InChI=1S/C15H23N3O4S/c1-16(2)23(20,21)18-10-8-17(9-11-18)15(19)12-13-4-6-14(22-3)7-5-13/h4-7H,8-12H2,1-3H3. The van der Waals surface area contributed by atoms with Crippen LogP contribution < -0.4 is 4.74 Å². The Morgan fingerprint density at radius 1 is 1.13 bits per heavy atom. The summed E-state index contributed by atoms with van der Waals surface area (Å²) in [5.41, 5.74) is 0.916. The molecule has 1 saturated heterocycles. The van der Waals surface area contributed by atoms with E-state index in [0.717, 1.165) is 11.3 Å². The van der Waals surface area contributed by atoms with Crippen molar-refractivity contribution >= 4 is 16.1 Å². The number of nitrogens with zero attached hydrogens (tertiary/aromatic N) is 3. The number of ether oxygens (including phenoxy) is 1. The van der Waals surface area contributed by atoms with Gasteiger partial charge in [0.15, 0.2) is 0 Å². The topological polar surface area (TPSA) is 70.2 Å². The summed E-state index contributed by atoms with van der Waals surface area (Å²) in [4.78, 5) is 14.0. The van der Waals surface area contributed by atoms with Crippen LogP contribution >= 0.6 is 0 Å². The molecule has 2 rings (SSSR count). The number of hydrogen-bond acceptors (Lipinski definition) is 4. The smallest absolute Gasteiger partial charge is 0.281 e. The van der Waals surface area contributed by atoms with Crippen LogP contribution in [0.15, 0.2) is 24.3 Å². The highest BCUT2D eigenvalue weighted by Crippen LogP contribution is 2.14. The van der Waals surface area contributed by atoms with Gasteiger partial charge < -0.3 is 9.64 Å². The van der Waals surface area contributed by atoms with Gasteiger partial charge in [0, 0.05) is 40.3 Å². The van der Waals surface area contributed by atoms with E-state index in [-0.39, 0.29) is 5.91 Å². The molecule has 0 N–H and O–H groups in total. The van der Waals surface area contributed by atoms with Crippen LogP contribution in [0.5, 0.6) is 5.75 Å². The van der Waals surface area contributed by atoms with Crippen LogP contribution in [0.25, 0.3) is 0 Å². The highest BCUT2D eigenvalue weighted by molar-refractivity contribution is 7.86. The summed E-state index contributed by atoms with van der Waals surface area (Å²) in [6.07, 6.45) is 0.310. The SMILES string of the molecule is COc1ccc(CC(=O)N2CCN(S(=O)(=O)N(C)C)CC2)cc1. The molecule has 0 radical (unpaired) electrons. The van der Waals surface area contributed by atoms with Crippen molar-refractivity contribution in [3.8, 4) is 5.75 Å². The number of carbonyl (C=O) groups is 1. The normalized spacial score (nSPS) is 16.6. The minimum atomic E-state index is -3.40. The lowest BCUT2D eigenvalue weighted by atomic mass is 10.1. The van der Waals surface area contributed by atoms with Crippen LogP contribution in [-0.2, 0) is 21.4 Å². The number of benzene rings is 1. The molecular weight excluding hydrogens is 318 g/mol. The maximum absolute atomic E-state index is 12.3. The minimum absolute atomic E-state index is 0.0112. The van der Waals surface area contributed by atoms with Crippen LogP contribution in [0, 0.1) is 0 Å². The van der Waals surface area contributed by atoms with E-state index in [9.17, 15) is 13.2 Å². The van der Waals surface area contributed by atoms with Gasteiger partial charge in [0.05, 0.1) is 13.5 Å². The molecule has 0 saturated carbocycles. The summed E-state index contributed by atoms with van der Waals surface area (Å²) in [6.45, 7) is 1.49. The van der Waals surface area contributed by atoms with Crippen LogP contribution in [0.3, 0.4) is 0 Å². The van der Waals surface area contributed by atoms with Crippen LogP contribution in [0.1, 0.15) is 5.56 Å². The fraction of sp³-hybridized carbons (Fsp3) is 0.533. The quantitative estimate of drug-likeness (QED) is 0.766. The van der Waals surface area contributed by atoms with E-state index in [0.29, 0.717) is 32.6 Å². The maximum atomic E-state index is 12.3. The van der Waals surface area contributed by atoms with Crippen molar-refractivity contribution in [1.82, 2.24) is 13.5 Å². The molecule has 8 heteroatoms. The van der Waals surface area contributed by atoms with Gasteiger partial charge in [0.25, 0.3) is 10.2 Å². The van der Waals surface area contributed by atoms with E-state index in [1.165, 1.54) is 22.7 Å². The van der Waals surface area contributed by atoms with Gasteiger partial charge in [-0.1, -0.05) is 12.1 Å². The molecule has 128 valence electrons. The molecular formula is C15H23N3O4S. The van der Waals surface area contributed by atoms with E-state index < -0.39 is 10.2 Å². The first-order chi connectivity index (χ1) is 10.8. The third-order valence-corrected chi connectivity index (χ3v) is 5.83. The Morgan fingerprint density at radius 3 is 2.17 bits per heavy atom. The molecule has 1 aromatic carbocycles. The average Bonchev–Trinajstić information content (AvgIpc) is 2.55. The Balaban J connectivity index is 1.90. The summed E-state index contributed by atoms with van der Waals surface area (Å²) in [6, 6.07) is 7.38. The van der Waals surface area contributed by atoms with Gasteiger partial charge in [0.2, 0.25) is 5.91 Å². The molecule has 1 heterocycles. The van der Waals surface area contributed by atoms with E-state index in [4.69, 9.17) is 4.74 Å². The van der Waals surface area contributed by atoms with Crippen molar-refractivity contribution in [3.63, 3.8) is 0 Å². The number of rotatable bonds is 5. The highest BCUT2D eigenvalue weighted by atomic mass is 32.2. The number of hydrogen-bond donors (Lipinski definition) is 0. The number of carbonyl (C=O) groups excluding carboxylic acids is 1. The largest absolute Gasteiger partial charge is 0.497 e. The molecule has 0 spiro atoms. The van der Waals surface area contributed by atoms with Crippen molar-refractivity contribution < 1.29 is 17.9 Å². The molecule has 1 amide bonds. The van der Waals surface area contributed by atoms with E-state index in [1.807, 2.05) is 24.3 Å². The first-order valence-electron chi connectivity index (χ1n) is 7.43. The zero-order valence-corrected chi connectivity index (χ0v) is 14.5. The molecule has 0 bridgehead atoms. The molecule has 0 aliphatic carbocycles. The monoisotopic (exact) mass is 341 g/mol. The predicted molar refractivity (Wildman–Crippen MR) is 87.5 cm³/mol. The summed E-state index contributed by atoms with van der Waals surface area (Å²) >= 11 is 0. The Labute approximate surface area is 137 Å². The second-order valence-corrected chi connectivity index (χ2v) is 7.74. The van der Waals surface area contributed by atoms with Crippen LogP contribution in [-0.4, -0.2) is 75.2 Å². The van der Waals surface area contributed by atoms with Crippen molar-refractivity contribution in [3.05, 3.63) is 29.8 Å². The van der Waals surface area contributed by atoms with Gasteiger partial charge in [-0.15, -0.1) is 0 Å². The molecule has 1 aromatic rings. The molecule has 1 aliphatic rings. The summed E-state index contributed by atoms with van der Waals surface area (Å²) in [5.74, 6) is 0.765. The van der Waals surface area contributed by atoms with Crippen molar-refractivity contribution in [2.45, 2.75) is 6.42 Å². The Morgan fingerprint density at radius 2 is 1.70 bits per heavy atom. The third kappa shape index (κ3) is 4.21. The first-order valence-corrected chi connectivity index (χ1v) is 8.82. The van der Waals surface area contributed by atoms with E-state index >= 15 is 0 Å². The lowest BCUT2D eigenvalue weighted by molar-refractivity contribution is -0.131. The Hall–Kier alpha value is -1.64. The molecule has 0 atom stereocenters. The highest BCUT2D eigenvalue weighted by Gasteiger charge is 2.30. The summed E-state index contributed by atoms with van der Waals surface area (Å²) in [5, 5.41) is 0. The average molecular weight is 341 g/mol. The van der Waals surface area contributed by atoms with Crippen LogP contribution in [0.2, 0.25) is 0 Å². The Kier molecular flexibility index (Phi) is 5.61. The van der Waals surface area contributed by atoms with Gasteiger partial charge in [-0.25, -0.2) is 0 Å². The lowest BCUT2D eigenvalue weighted by Gasteiger charge is -2.35. The van der Waals surface area contributed by atoms with E-state index in [1.54, 1.807) is 12.0 Å². The fourth-order valence-electron chi connectivity index (χ4n) is 2.43. The number of amides is 1. The fourth-order valence-corrected chi connectivity index (χ4v) is 3.52. The number of methoxy groups -OCH3 is 1. The zero-order valence-electron chi connectivity index (χ0n) is 13.7. The maximum Gasteiger partial charge on any atom is 0.281 e. The second kappa shape index (κ2) is 7.29. The summed E-state index contributed by atoms with van der Waals surface area (Å²) < 4.78 is 31.8. The molecule has 0 aromatic heterocycles. The van der Waals surface area contributed by atoms with Gasteiger partial charge in [-0.2, -0.15) is 17.0 Å². The van der Waals surface area contributed by atoms with Crippen LogP contribution in [0.4, 0.5) is 0 Å². The molecule has 23 heavy (non-hydrogen) atoms. The molecule has 0 unspecified atom stereocenters. The zero-order chi connectivity index (χ0) is 17.0. The number of piperazine rings is 1. The second-order valence-electron chi connectivity index (χ2n) is 5.59. The van der Waals surface area contributed by atoms with E-state index in [2.05, 4.69) is 0 Å². The van der Waals surface area contributed by atoms with Gasteiger partial charge in [0.1, 0.15) is 5.75 Å². The minimum Gasteiger partial charge on any atom is -0.497 e. The van der Waals surface area contributed by atoms with Crippen molar-refractivity contribution in [2.75, 3.05) is 47.4 Å². The third-order valence-electron chi connectivity index (χ3n) is 3.89. The van der Waals surface area contributed by atoms with Gasteiger partial charge in [-0.05, 0) is 17.7 Å². The van der Waals surface area contributed by atoms with Crippen molar-refractivity contribution in [1.29, 1.82) is 0 Å². The molecule has 1 fully saturated rings. The molecule has 7 nitrogen and oxygen atoms in total. The van der Waals surface area contributed by atoms with Crippen molar-refractivity contribution in [2.24, 2.45) is 0 Å². The molecule has 1 aliphatic heterocycles.